The summed E-state index contributed by atoms with van der Waals surface area (Å²) in [5.74, 6) is -0.00766. The van der Waals surface area contributed by atoms with Gasteiger partial charge < -0.3 is 15.4 Å². The first-order valence-corrected chi connectivity index (χ1v) is 8.79. The zero-order valence-electron chi connectivity index (χ0n) is 14.2. The van der Waals surface area contributed by atoms with E-state index in [-0.39, 0.29) is 17.3 Å². The monoisotopic (exact) mass is 330 g/mol. The van der Waals surface area contributed by atoms with Crippen LogP contribution in [0.25, 0.3) is 0 Å². The number of hydrogen-bond donors (Lipinski definition) is 2. The van der Waals surface area contributed by atoms with Crippen molar-refractivity contribution in [2.24, 2.45) is 11.3 Å². The molecule has 1 aromatic carbocycles. The van der Waals surface area contributed by atoms with Crippen LogP contribution in [0.5, 0.6) is 0 Å². The van der Waals surface area contributed by atoms with Gasteiger partial charge >= 0.3 is 5.97 Å². The van der Waals surface area contributed by atoms with Crippen LogP contribution in [0.4, 0.5) is 0 Å². The smallest absolute Gasteiger partial charge is 0.328 e. The maximum Gasteiger partial charge on any atom is 0.328 e. The Morgan fingerprint density at radius 1 is 1.33 bits per heavy atom. The lowest BCUT2D eigenvalue weighted by Crippen LogP contribution is -2.53. The van der Waals surface area contributed by atoms with Crippen molar-refractivity contribution >= 4 is 11.9 Å². The van der Waals surface area contributed by atoms with Gasteiger partial charge in [-0.1, -0.05) is 43.2 Å². The normalized spacial score (nSPS) is 27.1. The highest BCUT2D eigenvalue weighted by Crippen LogP contribution is 2.44. The summed E-state index contributed by atoms with van der Waals surface area (Å²) < 4.78 is 4.91. The molecule has 5 heteroatoms. The van der Waals surface area contributed by atoms with Gasteiger partial charge in [-0.2, -0.15) is 0 Å². The fraction of sp³-hybridized carbons (Fsp3) is 0.579. The van der Waals surface area contributed by atoms with Crippen LogP contribution < -0.4 is 10.6 Å². The number of amides is 1. The molecule has 0 bridgehead atoms. The molecule has 1 unspecified atom stereocenters. The molecular formula is C19H26N2O3. The zero-order valence-corrected chi connectivity index (χ0v) is 14.2. The Balaban J connectivity index is 1.74. The van der Waals surface area contributed by atoms with Gasteiger partial charge in [0.2, 0.25) is 5.91 Å². The number of benzene rings is 1. The standard InChI is InChI=1S/C19H26N2O3/c1-24-17(22)16(11-14-7-3-2-4-8-14)21-18(23)19-10-6-5-9-15(19)12-20-13-19/h2-4,7-8,15-16,20H,5-6,9-13H2,1H3,(H,21,23)/t15-,16?,19+/m0/s1. The largest absolute Gasteiger partial charge is 0.467 e. The van der Waals surface area contributed by atoms with Gasteiger partial charge in [0.1, 0.15) is 6.04 Å². The fourth-order valence-corrected chi connectivity index (χ4v) is 4.18. The quantitative estimate of drug-likeness (QED) is 0.806. The highest BCUT2D eigenvalue weighted by atomic mass is 16.5. The summed E-state index contributed by atoms with van der Waals surface area (Å²) in [4.78, 5) is 25.2. The fourth-order valence-electron chi connectivity index (χ4n) is 4.18. The van der Waals surface area contributed by atoms with Crippen molar-refractivity contribution in [2.75, 3.05) is 20.2 Å². The van der Waals surface area contributed by atoms with Crippen molar-refractivity contribution in [1.82, 2.24) is 10.6 Å². The number of carbonyl (C=O) groups excluding carboxylic acids is 2. The number of hydrogen-bond acceptors (Lipinski definition) is 4. The van der Waals surface area contributed by atoms with E-state index in [1.54, 1.807) is 0 Å². The number of esters is 1. The molecule has 3 rings (SSSR count). The molecule has 0 spiro atoms. The summed E-state index contributed by atoms with van der Waals surface area (Å²) in [6.45, 7) is 1.61. The molecule has 1 saturated carbocycles. The summed E-state index contributed by atoms with van der Waals surface area (Å²) in [6.07, 6.45) is 4.70. The van der Waals surface area contributed by atoms with Crippen LogP contribution in [0.1, 0.15) is 31.2 Å². The van der Waals surface area contributed by atoms with E-state index in [0.717, 1.165) is 31.4 Å². The van der Waals surface area contributed by atoms with Gasteiger partial charge in [-0.05, 0) is 30.9 Å². The molecule has 3 atom stereocenters. The second kappa shape index (κ2) is 7.34. The molecule has 1 amide bonds. The first-order valence-electron chi connectivity index (χ1n) is 8.79. The number of nitrogens with one attached hydrogen (secondary N) is 2. The first-order chi connectivity index (χ1) is 11.7. The van der Waals surface area contributed by atoms with E-state index in [1.807, 2.05) is 30.3 Å². The van der Waals surface area contributed by atoms with Crippen molar-refractivity contribution in [3.8, 4) is 0 Å². The summed E-state index contributed by atoms with van der Waals surface area (Å²) in [6, 6.07) is 9.08. The zero-order chi connectivity index (χ0) is 17.0. The second-order valence-electron chi connectivity index (χ2n) is 6.97. The van der Waals surface area contributed by atoms with E-state index < -0.39 is 6.04 Å². The molecule has 2 N–H and O–H groups in total. The van der Waals surface area contributed by atoms with Crippen molar-refractivity contribution < 1.29 is 14.3 Å². The molecule has 1 aliphatic heterocycles. The van der Waals surface area contributed by atoms with E-state index in [1.165, 1.54) is 13.5 Å². The summed E-state index contributed by atoms with van der Waals surface area (Å²) in [7, 11) is 1.37. The van der Waals surface area contributed by atoms with Gasteiger partial charge in [-0.3, -0.25) is 4.79 Å². The second-order valence-corrected chi connectivity index (χ2v) is 6.97. The van der Waals surface area contributed by atoms with Gasteiger partial charge in [0, 0.05) is 13.0 Å². The van der Waals surface area contributed by atoms with Gasteiger partial charge in [-0.15, -0.1) is 0 Å². The number of methoxy groups -OCH3 is 1. The van der Waals surface area contributed by atoms with E-state index in [2.05, 4.69) is 10.6 Å². The highest BCUT2D eigenvalue weighted by molar-refractivity contribution is 5.89. The third-order valence-electron chi connectivity index (χ3n) is 5.56. The molecule has 0 aromatic heterocycles. The summed E-state index contributed by atoms with van der Waals surface area (Å²) in [5, 5.41) is 6.37. The average Bonchev–Trinajstić information content (AvgIpc) is 3.06. The third kappa shape index (κ3) is 3.31. The molecule has 1 heterocycles. The van der Waals surface area contributed by atoms with E-state index in [4.69, 9.17) is 4.74 Å². The first kappa shape index (κ1) is 17.0. The predicted octanol–water partition coefficient (Wildman–Crippen LogP) is 1.67. The molecule has 2 fully saturated rings. The minimum Gasteiger partial charge on any atom is -0.467 e. The van der Waals surface area contributed by atoms with Crippen LogP contribution in [0.15, 0.2) is 30.3 Å². The molecule has 1 aromatic rings. The molecule has 1 aliphatic carbocycles. The van der Waals surface area contributed by atoms with Crippen LogP contribution in [-0.4, -0.2) is 38.1 Å². The van der Waals surface area contributed by atoms with E-state index >= 15 is 0 Å². The van der Waals surface area contributed by atoms with Gasteiger partial charge in [0.15, 0.2) is 0 Å². The van der Waals surface area contributed by atoms with Crippen LogP contribution >= 0.6 is 0 Å². The van der Waals surface area contributed by atoms with Crippen LogP contribution in [0.3, 0.4) is 0 Å². The van der Waals surface area contributed by atoms with Crippen LogP contribution in [0.2, 0.25) is 0 Å². The number of ether oxygens (including phenoxy) is 1. The molecule has 130 valence electrons. The maximum absolute atomic E-state index is 13.1. The van der Waals surface area contributed by atoms with Crippen LogP contribution in [-0.2, 0) is 20.7 Å². The van der Waals surface area contributed by atoms with Gasteiger partial charge in [0.25, 0.3) is 0 Å². The maximum atomic E-state index is 13.1. The third-order valence-corrected chi connectivity index (χ3v) is 5.56. The van der Waals surface area contributed by atoms with E-state index in [0.29, 0.717) is 18.9 Å². The molecule has 1 saturated heterocycles. The summed E-state index contributed by atoms with van der Waals surface area (Å²) >= 11 is 0. The minimum atomic E-state index is -0.637. The minimum absolute atomic E-state index is 0.00327. The van der Waals surface area contributed by atoms with Crippen LogP contribution in [0, 0.1) is 11.3 Å². The Kier molecular flexibility index (Phi) is 5.19. The molecule has 0 radical (unpaired) electrons. The van der Waals surface area contributed by atoms with Gasteiger partial charge in [0.05, 0.1) is 12.5 Å². The molecule has 2 aliphatic rings. The predicted molar refractivity (Wildman–Crippen MR) is 91.4 cm³/mol. The summed E-state index contributed by atoms with van der Waals surface area (Å²) in [5.41, 5.74) is 0.650. The van der Waals surface area contributed by atoms with Crippen molar-refractivity contribution in [3.63, 3.8) is 0 Å². The number of carbonyl (C=O) groups is 2. The lowest BCUT2D eigenvalue weighted by atomic mass is 9.67. The lowest BCUT2D eigenvalue weighted by Gasteiger charge is -2.38. The molecule has 5 nitrogen and oxygen atoms in total. The molecular weight excluding hydrogens is 304 g/mol. The van der Waals surface area contributed by atoms with Crippen molar-refractivity contribution in [2.45, 2.75) is 38.1 Å². The number of fused-ring (bicyclic) bond motifs is 1. The Hall–Kier alpha value is -1.88. The molecule has 24 heavy (non-hydrogen) atoms. The van der Waals surface area contributed by atoms with Crippen molar-refractivity contribution in [1.29, 1.82) is 0 Å². The van der Waals surface area contributed by atoms with Gasteiger partial charge in [-0.25, -0.2) is 4.79 Å². The Bertz CT molecular complexity index is 590. The lowest BCUT2D eigenvalue weighted by molar-refractivity contribution is -0.147. The Morgan fingerprint density at radius 3 is 2.88 bits per heavy atom. The topological polar surface area (TPSA) is 67.4 Å². The number of rotatable bonds is 5. The van der Waals surface area contributed by atoms with E-state index in [9.17, 15) is 9.59 Å². The Morgan fingerprint density at radius 2 is 2.12 bits per heavy atom. The van der Waals surface area contributed by atoms with Crippen molar-refractivity contribution in [3.05, 3.63) is 35.9 Å². The SMILES string of the molecule is COC(=O)C(Cc1ccccc1)NC(=O)[C@@]12CCCC[C@H]1CNC2. The Labute approximate surface area is 143 Å². The average molecular weight is 330 g/mol. The highest BCUT2D eigenvalue weighted by Gasteiger charge is 2.50.